The molecule has 0 aliphatic heterocycles. The number of hydrogen-bond donors (Lipinski definition) is 6. The van der Waals surface area contributed by atoms with E-state index in [0.717, 1.165) is 0 Å². The molecular formula is C3H8Lu2O10. The van der Waals surface area contributed by atoms with Gasteiger partial charge < -0.3 is 36.1 Å². The standard InChI is InChI=1S/3CH2O3.2Lu.H2O/c3*2-1(3)4;;;/h3*(H2,2,3,4);;;1H2. The van der Waals surface area contributed by atoms with Gasteiger partial charge in [0.05, 0.1) is 0 Å². The third-order valence-electron chi connectivity index (χ3n) is 0. The molecule has 10 nitrogen and oxygen atoms in total. The van der Waals surface area contributed by atoms with Gasteiger partial charge in [0.15, 0.2) is 0 Å². The summed E-state index contributed by atoms with van der Waals surface area (Å²) < 4.78 is 0. The third-order valence-corrected chi connectivity index (χ3v) is 0. The summed E-state index contributed by atoms with van der Waals surface area (Å²) >= 11 is 0. The number of carbonyl (C=O) groups is 3. The van der Waals surface area contributed by atoms with Gasteiger partial charge in [0.1, 0.15) is 0 Å². The molecule has 0 unspecified atom stereocenters. The van der Waals surface area contributed by atoms with Crippen LogP contribution in [0.3, 0.4) is 0 Å². The molecule has 0 aliphatic rings. The Labute approximate surface area is 141 Å². The molecular weight excluding hydrogens is 546 g/mol. The van der Waals surface area contributed by atoms with Crippen molar-refractivity contribution in [2.45, 2.75) is 0 Å². The van der Waals surface area contributed by atoms with Gasteiger partial charge in [-0.15, -0.1) is 0 Å². The Hall–Kier alpha value is 0.238. The molecule has 0 heterocycles. The second kappa shape index (κ2) is 29.2. The van der Waals surface area contributed by atoms with Gasteiger partial charge in [-0.1, -0.05) is 0 Å². The van der Waals surface area contributed by atoms with Crippen LogP contribution in [0.25, 0.3) is 0 Å². The monoisotopic (exact) mass is 554 g/mol. The van der Waals surface area contributed by atoms with Crippen LogP contribution >= 0.6 is 0 Å². The van der Waals surface area contributed by atoms with Gasteiger partial charge in [0, 0.05) is 73.7 Å². The van der Waals surface area contributed by atoms with Crippen LogP contribution in [0.2, 0.25) is 0 Å². The minimum Gasteiger partial charge on any atom is -0.450 e. The van der Waals surface area contributed by atoms with E-state index in [9.17, 15) is 0 Å². The average Bonchev–Trinajstić information content (AvgIpc) is 1.54. The molecule has 0 bridgehead atoms. The fourth-order valence-electron chi connectivity index (χ4n) is 0. The van der Waals surface area contributed by atoms with Crippen LogP contribution in [0.5, 0.6) is 0 Å². The average molecular weight is 554 g/mol. The molecule has 0 aromatic heterocycles. The first-order valence-corrected chi connectivity index (χ1v) is 1.95. The largest absolute Gasteiger partial charge is 0.503 e. The van der Waals surface area contributed by atoms with E-state index in [1.807, 2.05) is 0 Å². The topological polar surface area (TPSA) is 204 Å². The molecule has 15 heavy (non-hydrogen) atoms. The van der Waals surface area contributed by atoms with Crippen molar-refractivity contribution < 1.29 is 124 Å². The van der Waals surface area contributed by atoms with Crippen molar-refractivity contribution in [2.75, 3.05) is 0 Å². The minimum absolute atomic E-state index is 0. The summed E-state index contributed by atoms with van der Waals surface area (Å²) in [6.45, 7) is 0. The Bertz CT molecular complexity index is 116. The predicted molar refractivity (Wildman–Crippen MR) is 35.6 cm³/mol. The van der Waals surface area contributed by atoms with E-state index in [2.05, 4.69) is 0 Å². The van der Waals surface area contributed by atoms with Crippen molar-refractivity contribution in [1.82, 2.24) is 0 Å². The van der Waals surface area contributed by atoms with Crippen molar-refractivity contribution in [2.24, 2.45) is 0 Å². The first-order chi connectivity index (χ1) is 5.20. The molecule has 110 valence electrons. The molecule has 0 rings (SSSR count). The van der Waals surface area contributed by atoms with Crippen LogP contribution < -0.4 is 0 Å². The van der Waals surface area contributed by atoms with E-state index in [1.54, 1.807) is 0 Å². The summed E-state index contributed by atoms with van der Waals surface area (Å²) in [6.07, 6.45) is -5.50. The van der Waals surface area contributed by atoms with E-state index >= 15 is 0 Å². The minimum atomic E-state index is -1.83. The Morgan fingerprint density at radius 2 is 0.533 bits per heavy atom. The predicted octanol–water partition coefficient (Wildman–Crippen LogP) is -0.157. The number of hydrogen-bond acceptors (Lipinski definition) is 3. The molecule has 0 fully saturated rings. The maximum absolute atomic E-state index is 8.56. The fraction of sp³-hybridized carbons (Fsp3) is 0. The fourth-order valence-corrected chi connectivity index (χ4v) is 0. The molecule has 0 aromatic carbocycles. The van der Waals surface area contributed by atoms with Crippen LogP contribution in [-0.2, 0) is 0 Å². The number of carboxylic acid groups (broad SMARTS) is 6. The van der Waals surface area contributed by atoms with Crippen molar-refractivity contribution in [3.05, 3.63) is 0 Å². The molecule has 0 saturated carbocycles. The summed E-state index contributed by atoms with van der Waals surface area (Å²) in [5, 5.41) is 41.8. The molecule has 2 radical (unpaired) electrons. The first-order valence-electron chi connectivity index (χ1n) is 1.95. The SMILES string of the molecule is O.O=C(O)O.O=C(O)O.O=C(O)O.[Lu].[Lu]. The second-order valence-corrected chi connectivity index (χ2v) is 0.848. The van der Waals surface area contributed by atoms with Crippen molar-refractivity contribution in [1.29, 1.82) is 0 Å². The van der Waals surface area contributed by atoms with Crippen LogP contribution in [0, 0.1) is 73.7 Å². The van der Waals surface area contributed by atoms with Gasteiger partial charge in [0.2, 0.25) is 0 Å². The summed E-state index contributed by atoms with van der Waals surface area (Å²) in [5.41, 5.74) is 0. The molecule has 0 spiro atoms. The molecule has 0 aromatic rings. The van der Waals surface area contributed by atoms with Crippen LogP contribution in [-0.4, -0.2) is 54.6 Å². The van der Waals surface area contributed by atoms with Crippen LogP contribution in [0.4, 0.5) is 14.4 Å². The Morgan fingerprint density at radius 3 is 0.533 bits per heavy atom. The van der Waals surface area contributed by atoms with Gasteiger partial charge in [0.25, 0.3) is 0 Å². The number of rotatable bonds is 0. The van der Waals surface area contributed by atoms with E-state index < -0.39 is 18.5 Å². The van der Waals surface area contributed by atoms with Crippen LogP contribution in [0.1, 0.15) is 0 Å². The Morgan fingerprint density at radius 1 is 0.533 bits per heavy atom. The molecule has 8 N–H and O–H groups in total. The summed E-state index contributed by atoms with van der Waals surface area (Å²) in [4.78, 5) is 25.7. The van der Waals surface area contributed by atoms with Crippen LogP contribution in [0.15, 0.2) is 0 Å². The Balaban J connectivity index is -0.0000000184. The normalized spacial score (nSPS) is 4.80. The van der Waals surface area contributed by atoms with Gasteiger partial charge in [-0.2, -0.15) is 0 Å². The molecule has 0 atom stereocenters. The van der Waals surface area contributed by atoms with Crippen molar-refractivity contribution >= 4 is 18.5 Å². The van der Waals surface area contributed by atoms with E-state index in [1.165, 1.54) is 0 Å². The van der Waals surface area contributed by atoms with Gasteiger partial charge in [-0.25, -0.2) is 14.4 Å². The van der Waals surface area contributed by atoms with E-state index in [-0.39, 0.29) is 79.2 Å². The maximum Gasteiger partial charge on any atom is 0.503 e. The van der Waals surface area contributed by atoms with Crippen molar-refractivity contribution in [3.63, 3.8) is 0 Å². The maximum atomic E-state index is 8.56. The van der Waals surface area contributed by atoms with E-state index in [0.29, 0.717) is 0 Å². The van der Waals surface area contributed by atoms with Crippen molar-refractivity contribution in [3.8, 4) is 0 Å². The first kappa shape index (κ1) is 36.2. The van der Waals surface area contributed by atoms with Gasteiger partial charge >= 0.3 is 18.5 Å². The zero-order valence-electron chi connectivity index (χ0n) is 6.42. The second-order valence-electron chi connectivity index (χ2n) is 0.848. The Kier molecular flexibility index (Phi) is 70.6. The summed E-state index contributed by atoms with van der Waals surface area (Å²) in [6, 6.07) is 0. The molecule has 0 amide bonds. The zero-order valence-corrected chi connectivity index (χ0v) is 9.74. The summed E-state index contributed by atoms with van der Waals surface area (Å²) in [5.74, 6) is 0. The third kappa shape index (κ3) is 37800. The quantitative estimate of drug-likeness (QED) is 0.235. The summed E-state index contributed by atoms with van der Waals surface area (Å²) in [7, 11) is 0. The van der Waals surface area contributed by atoms with Gasteiger partial charge in [-0.3, -0.25) is 0 Å². The zero-order chi connectivity index (χ0) is 10.7. The molecule has 0 saturated heterocycles. The molecule has 12 heteroatoms. The molecule has 0 aliphatic carbocycles. The van der Waals surface area contributed by atoms with Gasteiger partial charge in [-0.05, 0) is 0 Å². The smallest absolute Gasteiger partial charge is 0.450 e. The van der Waals surface area contributed by atoms with E-state index in [4.69, 9.17) is 45.0 Å².